The van der Waals surface area contributed by atoms with Gasteiger partial charge >= 0.3 is 0 Å². The molecule has 0 saturated heterocycles. The van der Waals surface area contributed by atoms with E-state index in [1.165, 1.54) is 0 Å². The Hall–Kier alpha value is -0.680. The lowest BCUT2D eigenvalue weighted by Crippen LogP contribution is -2.44. The Morgan fingerprint density at radius 1 is 1.73 bits per heavy atom. The van der Waals surface area contributed by atoms with Gasteiger partial charge in [0.05, 0.1) is 5.54 Å². The quantitative estimate of drug-likeness (QED) is 0.493. The van der Waals surface area contributed by atoms with Crippen molar-refractivity contribution in [2.24, 2.45) is 0 Å². The molecule has 0 fully saturated rings. The molecule has 1 amide bonds. The summed E-state index contributed by atoms with van der Waals surface area (Å²) in [6.07, 6.45) is 5.15. The Morgan fingerprint density at radius 3 is 2.45 bits per heavy atom. The second-order valence-electron chi connectivity index (χ2n) is 2.87. The summed E-state index contributed by atoms with van der Waals surface area (Å²) in [6, 6.07) is 0. The molecule has 1 unspecified atom stereocenters. The molecule has 0 aliphatic rings. The van der Waals surface area contributed by atoms with Crippen LogP contribution in [0.2, 0.25) is 0 Å². The molecule has 3 heteroatoms. The van der Waals surface area contributed by atoms with Gasteiger partial charge in [-0.2, -0.15) is 0 Å². The molecular weight excluding hydrogens is 162 g/mol. The lowest BCUT2D eigenvalue weighted by Gasteiger charge is -2.20. The van der Waals surface area contributed by atoms with Crippen LogP contribution in [-0.4, -0.2) is 16.8 Å². The maximum Gasteiger partial charge on any atom is 0.238 e. The van der Waals surface area contributed by atoms with Gasteiger partial charge in [-0.05, 0) is 20.8 Å². The van der Waals surface area contributed by atoms with E-state index in [9.17, 15) is 4.79 Å². The summed E-state index contributed by atoms with van der Waals surface area (Å²) >= 11 is 5.51. The molecule has 0 aromatic carbocycles. The monoisotopic (exact) mass is 173 g/mol. The van der Waals surface area contributed by atoms with Gasteiger partial charge in [0, 0.05) is 0 Å². The normalized spacial score (nSPS) is 13.4. The fraction of sp³-hybridized carbons (Fsp3) is 0.625. The van der Waals surface area contributed by atoms with E-state index in [1.54, 1.807) is 20.8 Å². The number of carbonyl (C=O) groups excluding carboxylic acids is 1. The lowest BCUT2D eigenvalue weighted by molar-refractivity contribution is -0.121. The highest BCUT2D eigenvalue weighted by atomic mass is 35.5. The van der Waals surface area contributed by atoms with Crippen LogP contribution in [0, 0.1) is 12.3 Å². The van der Waals surface area contributed by atoms with E-state index < -0.39 is 10.9 Å². The average Bonchev–Trinajstić information content (AvgIpc) is 1.87. The number of terminal acetylenes is 1. The van der Waals surface area contributed by atoms with Crippen LogP contribution in [0.15, 0.2) is 0 Å². The van der Waals surface area contributed by atoms with Gasteiger partial charge in [0.2, 0.25) is 5.91 Å². The Balaban J connectivity index is 4.08. The van der Waals surface area contributed by atoms with E-state index >= 15 is 0 Å². The van der Waals surface area contributed by atoms with E-state index in [0.717, 1.165) is 0 Å². The van der Waals surface area contributed by atoms with Crippen molar-refractivity contribution in [1.82, 2.24) is 5.32 Å². The van der Waals surface area contributed by atoms with Crippen molar-refractivity contribution in [3.05, 3.63) is 0 Å². The molecule has 0 aliphatic heterocycles. The summed E-state index contributed by atoms with van der Waals surface area (Å²) in [5.74, 6) is 2.20. The first-order chi connectivity index (χ1) is 4.89. The lowest BCUT2D eigenvalue weighted by atomic mass is 10.1. The zero-order chi connectivity index (χ0) is 9.07. The first-order valence-electron chi connectivity index (χ1n) is 3.33. The summed E-state index contributed by atoms with van der Waals surface area (Å²) in [7, 11) is 0. The number of rotatable bonds is 2. The molecule has 1 atom stereocenters. The molecule has 0 rings (SSSR count). The molecule has 1 N–H and O–H groups in total. The standard InChI is InChI=1S/C8H12ClNO/c1-5-8(3,4)10-7(11)6(2)9/h1,6H,2-4H3,(H,10,11). The van der Waals surface area contributed by atoms with E-state index in [-0.39, 0.29) is 5.91 Å². The predicted molar refractivity (Wildman–Crippen MR) is 46.4 cm³/mol. The minimum atomic E-state index is -0.611. The van der Waals surface area contributed by atoms with Gasteiger partial charge in [0.25, 0.3) is 0 Å². The van der Waals surface area contributed by atoms with Gasteiger partial charge < -0.3 is 5.32 Å². The Morgan fingerprint density at radius 2 is 2.18 bits per heavy atom. The third kappa shape index (κ3) is 3.90. The van der Waals surface area contributed by atoms with Crippen LogP contribution in [0.5, 0.6) is 0 Å². The van der Waals surface area contributed by atoms with Gasteiger partial charge in [-0.25, -0.2) is 0 Å². The van der Waals surface area contributed by atoms with Crippen molar-refractivity contribution < 1.29 is 4.79 Å². The summed E-state index contributed by atoms with van der Waals surface area (Å²) in [5.41, 5.74) is -0.611. The largest absolute Gasteiger partial charge is 0.339 e. The summed E-state index contributed by atoms with van der Waals surface area (Å²) in [5, 5.41) is 2.06. The first kappa shape index (κ1) is 10.3. The van der Waals surface area contributed by atoms with E-state index in [2.05, 4.69) is 11.2 Å². The number of halogens is 1. The first-order valence-corrected chi connectivity index (χ1v) is 3.76. The third-order valence-electron chi connectivity index (χ3n) is 1.16. The number of carbonyl (C=O) groups is 1. The number of hydrogen-bond donors (Lipinski definition) is 1. The molecule has 0 saturated carbocycles. The maximum absolute atomic E-state index is 11.0. The maximum atomic E-state index is 11.0. The fourth-order valence-electron chi connectivity index (χ4n) is 0.444. The van der Waals surface area contributed by atoms with Gasteiger partial charge in [-0.15, -0.1) is 18.0 Å². The van der Waals surface area contributed by atoms with Crippen LogP contribution in [0.4, 0.5) is 0 Å². The number of hydrogen-bond acceptors (Lipinski definition) is 1. The molecule has 2 nitrogen and oxygen atoms in total. The topological polar surface area (TPSA) is 29.1 Å². The van der Waals surface area contributed by atoms with Gasteiger partial charge in [0.1, 0.15) is 5.38 Å². The molecule has 0 bridgehead atoms. The molecule has 11 heavy (non-hydrogen) atoms. The Kier molecular flexibility index (Phi) is 3.41. The van der Waals surface area contributed by atoms with Crippen LogP contribution >= 0.6 is 11.6 Å². The predicted octanol–water partition coefficient (Wildman–Crippen LogP) is 1.14. The van der Waals surface area contributed by atoms with Crippen molar-refractivity contribution in [3.8, 4) is 12.3 Å². The molecule has 0 radical (unpaired) electrons. The van der Waals surface area contributed by atoms with Crippen LogP contribution in [0.1, 0.15) is 20.8 Å². The van der Waals surface area contributed by atoms with Gasteiger partial charge in [-0.1, -0.05) is 5.92 Å². The SMILES string of the molecule is C#CC(C)(C)NC(=O)C(C)Cl. The Labute approximate surface area is 72.3 Å². The van der Waals surface area contributed by atoms with Crippen molar-refractivity contribution in [2.75, 3.05) is 0 Å². The molecule has 0 heterocycles. The van der Waals surface area contributed by atoms with E-state index in [4.69, 9.17) is 18.0 Å². The molecule has 0 aliphatic carbocycles. The molecule has 62 valence electrons. The van der Waals surface area contributed by atoms with Crippen LogP contribution < -0.4 is 5.32 Å². The molecular formula is C8H12ClNO. The Bertz CT molecular complexity index is 191. The molecule has 0 aromatic rings. The molecule has 0 spiro atoms. The number of amides is 1. The van der Waals surface area contributed by atoms with Crippen LogP contribution in [0.3, 0.4) is 0 Å². The van der Waals surface area contributed by atoms with Crippen molar-refractivity contribution in [2.45, 2.75) is 31.7 Å². The molecule has 0 aromatic heterocycles. The second-order valence-corrected chi connectivity index (χ2v) is 3.53. The third-order valence-corrected chi connectivity index (χ3v) is 1.36. The minimum absolute atomic E-state index is 0.241. The summed E-state index contributed by atoms with van der Waals surface area (Å²) in [6.45, 7) is 5.08. The zero-order valence-electron chi connectivity index (χ0n) is 6.94. The van der Waals surface area contributed by atoms with Gasteiger partial charge in [0.15, 0.2) is 0 Å². The van der Waals surface area contributed by atoms with Crippen LogP contribution in [-0.2, 0) is 4.79 Å². The van der Waals surface area contributed by atoms with Gasteiger partial charge in [-0.3, -0.25) is 4.79 Å². The van der Waals surface area contributed by atoms with Crippen molar-refractivity contribution >= 4 is 17.5 Å². The minimum Gasteiger partial charge on any atom is -0.339 e. The summed E-state index contributed by atoms with van der Waals surface area (Å²) < 4.78 is 0. The highest BCUT2D eigenvalue weighted by molar-refractivity contribution is 6.30. The number of nitrogens with one attached hydrogen (secondary N) is 1. The second kappa shape index (κ2) is 3.64. The van der Waals surface area contributed by atoms with E-state index in [1.807, 2.05) is 0 Å². The zero-order valence-corrected chi connectivity index (χ0v) is 7.70. The van der Waals surface area contributed by atoms with Crippen LogP contribution in [0.25, 0.3) is 0 Å². The highest BCUT2D eigenvalue weighted by Gasteiger charge is 2.19. The highest BCUT2D eigenvalue weighted by Crippen LogP contribution is 2.01. The van der Waals surface area contributed by atoms with Crippen molar-refractivity contribution in [3.63, 3.8) is 0 Å². The van der Waals surface area contributed by atoms with E-state index in [0.29, 0.717) is 0 Å². The van der Waals surface area contributed by atoms with Crippen molar-refractivity contribution in [1.29, 1.82) is 0 Å². The smallest absolute Gasteiger partial charge is 0.238 e. The number of alkyl halides is 1. The fourth-order valence-corrected chi connectivity index (χ4v) is 0.498. The summed E-state index contributed by atoms with van der Waals surface area (Å²) in [4.78, 5) is 11.0. The average molecular weight is 174 g/mol.